The van der Waals surface area contributed by atoms with Crippen molar-refractivity contribution >= 4 is 12.0 Å². The van der Waals surface area contributed by atoms with Gasteiger partial charge in [-0.3, -0.25) is 4.79 Å². The number of hydrogen-bond donors (Lipinski definition) is 1. The van der Waals surface area contributed by atoms with Crippen molar-refractivity contribution in [1.82, 2.24) is 15.1 Å². The van der Waals surface area contributed by atoms with Crippen molar-refractivity contribution in [3.8, 4) is 5.69 Å². The second kappa shape index (κ2) is 6.79. The van der Waals surface area contributed by atoms with Crippen molar-refractivity contribution in [1.29, 1.82) is 0 Å². The van der Waals surface area contributed by atoms with Gasteiger partial charge < -0.3 is 9.73 Å². The molecule has 1 aromatic carbocycles. The van der Waals surface area contributed by atoms with E-state index in [0.29, 0.717) is 12.3 Å². The van der Waals surface area contributed by atoms with Crippen LogP contribution < -0.4 is 5.32 Å². The summed E-state index contributed by atoms with van der Waals surface area (Å²) in [5.74, 6) is 1.33. The number of nitrogens with zero attached hydrogens (tertiary/aromatic N) is 2. The molecule has 0 atom stereocenters. The van der Waals surface area contributed by atoms with Crippen molar-refractivity contribution in [3.63, 3.8) is 0 Å². The number of rotatable bonds is 5. The summed E-state index contributed by atoms with van der Waals surface area (Å²) < 4.78 is 7.16. The van der Waals surface area contributed by atoms with E-state index < -0.39 is 0 Å². The molecule has 2 heterocycles. The number of carbonyl (C=O) groups excluding carboxylic acids is 1. The fourth-order valence-electron chi connectivity index (χ4n) is 2.14. The van der Waals surface area contributed by atoms with E-state index in [-0.39, 0.29) is 5.91 Å². The quantitative estimate of drug-likeness (QED) is 0.737. The molecule has 23 heavy (non-hydrogen) atoms. The molecular weight excluding hydrogens is 290 g/mol. The van der Waals surface area contributed by atoms with Gasteiger partial charge in [0.05, 0.1) is 5.69 Å². The zero-order chi connectivity index (χ0) is 16.1. The molecule has 1 N–H and O–H groups in total. The summed E-state index contributed by atoms with van der Waals surface area (Å²) in [5.41, 5.74) is 2.01. The number of aromatic nitrogens is 2. The van der Waals surface area contributed by atoms with E-state index in [4.69, 9.17) is 4.42 Å². The molecule has 3 aromatic rings. The van der Waals surface area contributed by atoms with Crippen molar-refractivity contribution in [2.24, 2.45) is 0 Å². The second-order valence-electron chi connectivity index (χ2n) is 5.12. The zero-order valence-electron chi connectivity index (χ0n) is 12.8. The molecule has 0 aliphatic heterocycles. The van der Waals surface area contributed by atoms with E-state index in [9.17, 15) is 4.79 Å². The topological polar surface area (TPSA) is 60.1 Å². The van der Waals surface area contributed by atoms with Gasteiger partial charge in [-0.1, -0.05) is 12.1 Å². The van der Waals surface area contributed by atoms with Gasteiger partial charge in [-0.05, 0) is 48.9 Å². The fourth-order valence-corrected chi connectivity index (χ4v) is 2.14. The van der Waals surface area contributed by atoms with Gasteiger partial charge in [0.15, 0.2) is 0 Å². The number of furan rings is 1. The van der Waals surface area contributed by atoms with Crippen LogP contribution in [-0.4, -0.2) is 15.7 Å². The van der Waals surface area contributed by atoms with Gasteiger partial charge in [0.2, 0.25) is 5.91 Å². The minimum atomic E-state index is -0.157. The molecule has 0 saturated carbocycles. The highest BCUT2D eigenvalue weighted by Crippen LogP contribution is 2.09. The standard InChI is InChI=1S/C18H17N3O2/c1-14-3-8-17(23-14)9-10-18(22)19-13-15-4-6-16(7-5-15)21-12-2-11-20-21/h2-12H,13H2,1H3,(H,19,22). The number of nitrogens with one attached hydrogen (secondary N) is 1. The maximum Gasteiger partial charge on any atom is 0.244 e. The van der Waals surface area contributed by atoms with Crippen LogP contribution in [0.4, 0.5) is 0 Å². The maximum atomic E-state index is 11.8. The Kier molecular flexibility index (Phi) is 4.38. The predicted molar refractivity (Wildman–Crippen MR) is 87.9 cm³/mol. The smallest absolute Gasteiger partial charge is 0.244 e. The van der Waals surface area contributed by atoms with E-state index in [1.165, 1.54) is 6.08 Å². The average Bonchev–Trinajstić information content (AvgIpc) is 3.23. The second-order valence-corrected chi connectivity index (χ2v) is 5.12. The third-order valence-corrected chi connectivity index (χ3v) is 3.33. The van der Waals surface area contributed by atoms with E-state index in [1.54, 1.807) is 17.0 Å². The van der Waals surface area contributed by atoms with Crippen LogP contribution in [0.5, 0.6) is 0 Å². The lowest BCUT2D eigenvalue weighted by molar-refractivity contribution is -0.116. The highest BCUT2D eigenvalue weighted by atomic mass is 16.3. The largest absolute Gasteiger partial charge is 0.462 e. The molecule has 0 unspecified atom stereocenters. The van der Waals surface area contributed by atoms with Crippen molar-refractivity contribution < 1.29 is 9.21 Å². The van der Waals surface area contributed by atoms with Gasteiger partial charge in [0.1, 0.15) is 11.5 Å². The minimum absolute atomic E-state index is 0.157. The molecule has 0 bridgehead atoms. The van der Waals surface area contributed by atoms with E-state index in [1.807, 2.05) is 55.6 Å². The van der Waals surface area contributed by atoms with Gasteiger partial charge >= 0.3 is 0 Å². The molecule has 0 aliphatic carbocycles. The molecule has 5 heteroatoms. The summed E-state index contributed by atoms with van der Waals surface area (Å²) >= 11 is 0. The first kappa shape index (κ1) is 14.8. The Labute approximate surface area is 134 Å². The number of hydrogen-bond acceptors (Lipinski definition) is 3. The highest BCUT2D eigenvalue weighted by molar-refractivity contribution is 5.91. The molecule has 0 fully saturated rings. The third-order valence-electron chi connectivity index (χ3n) is 3.33. The molecule has 0 spiro atoms. The van der Waals surface area contributed by atoms with Crippen LogP contribution in [-0.2, 0) is 11.3 Å². The molecule has 3 rings (SSSR count). The van der Waals surface area contributed by atoms with Crippen LogP contribution in [0.15, 0.2) is 65.4 Å². The summed E-state index contributed by atoms with van der Waals surface area (Å²) in [4.78, 5) is 11.8. The molecular formula is C18H17N3O2. The highest BCUT2D eigenvalue weighted by Gasteiger charge is 2.00. The minimum Gasteiger partial charge on any atom is -0.462 e. The summed E-state index contributed by atoms with van der Waals surface area (Å²) in [6.07, 6.45) is 6.75. The summed E-state index contributed by atoms with van der Waals surface area (Å²) in [7, 11) is 0. The van der Waals surface area contributed by atoms with Crippen molar-refractivity contribution in [2.45, 2.75) is 13.5 Å². The van der Waals surface area contributed by atoms with E-state index in [2.05, 4.69) is 10.4 Å². The predicted octanol–water partition coefficient (Wildman–Crippen LogP) is 3.10. The van der Waals surface area contributed by atoms with Crippen LogP contribution in [0.1, 0.15) is 17.1 Å². The summed E-state index contributed by atoms with van der Waals surface area (Å²) in [6.45, 7) is 2.34. The fraction of sp³-hybridized carbons (Fsp3) is 0.111. The van der Waals surface area contributed by atoms with Gasteiger partial charge in [-0.15, -0.1) is 0 Å². The molecule has 116 valence electrons. The lowest BCUT2D eigenvalue weighted by Gasteiger charge is -2.05. The molecule has 5 nitrogen and oxygen atoms in total. The van der Waals surface area contributed by atoms with Crippen molar-refractivity contribution in [3.05, 3.63) is 78.0 Å². The summed E-state index contributed by atoms with van der Waals surface area (Å²) in [6, 6.07) is 13.4. The van der Waals surface area contributed by atoms with Crippen LogP contribution in [0.3, 0.4) is 0 Å². The van der Waals surface area contributed by atoms with Crippen LogP contribution in [0.25, 0.3) is 11.8 Å². The van der Waals surface area contributed by atoms with Gasteiger partial charge in [0.25, 0.3) is 0 Å². The lowest BCUT2D eigenvalue weighted by atomic mass is 10.2. The Bertz CT molecular complexity index is 799. The number of benzene rings is 1. The van der Waals surface area contributed by atoms with Gasteiger partial charge in [-0.2, -0.15) is 5.10 Å². The van der Waals surface area contributed by atoms with E-state index in [0.717, 1.165) is 17.0 Å². The lowest BCUT2D eigenvalue weighted by Crippen LogP contribution is -2.20. The first-order valence-electron chi connectivity index (χ1n) is 7.32. The van der Waals surface area contributed by atoms with Gasteiger partial charge in [-0.25, -0.2) is 4.68 Å². The first-order valence-corrected chi connectivity index (χ1v) is 7.32. The van der Waals surface area contributed by atoms with E-state index >= 15 is 0 Å². The molecule has 2 aromatic heterocycles. The van der Waals surface area contributed by atoms with Crippen LogP contribution >= 0.6 is 0 Å². The first-order chi connectivity index (χ1) is 11.2. The number of aryl methyl sites for hydroxylation is 1. The third kappa shape index (κ3) is 3.97. The maximum absolute atomic E-state index is 11.8. The van der Waals surface area contributed by atoms with Crippen LogP contribution in [0.2, 0.25) is 0 Å². The molecule has 0 saturated heterocycles. The molecule has 0 radical (unpaired) electrons. The molecule has 0 aliphatic rings. The number of amides is 1. The Morgan fingerprint density at radius 3 is 2.74 bits per heavy atom. The number of carbonyl (C=O) groups is 1. The SMILES string of the molecule is Cc1ccc(C=CC(=O)NCc2ccc(-n3cccn3)cc2)o1. The Morgan fingerprint density at radius 2 is 2.09 bits per heavy atom. The normalized spacial score (nSPS) is 11.0. The Balaban J connectivity index is 1.53. The Hall–Kier alpha value is -3.08. The zero-order valence-corrected chi connectivity index (χ0v) is 12.8. The Morgan fingerprint density at radius 1 is 1.26 bits per heavy atom. The van der Waals surface area contributed by atoms with Crippen molar-refractivity contribution in [2.75, 3.05) is 0 Å². The van der Waals surface area contributed by atoms with Gasteiger partial charge in [0, 0.05) is 25.0 Å². The molecule has 1 amide bonds. The average molecular weight is 307 g/mol. The van der Waals surface area contributed by atoms with Crippen LogP contribution in [0, 0.1) is 6.92 Å². The monoisotopic (exact) mass is 307 g/mol. The summed E-state index contributed by atoms with van der Waals surface area (Å²) in [5, 5.41) is 7.01.